The standard InChI is InChI=1S/C7H10N2O2S/c1-2-11-6(10)5-9-3-4-12-7(9)8/h3-4,8H,2,5H2,1H3/p+1. The van der Waals surface area contributed by atoms with Crippen LogP contribution in [0.15, 0.2) is 11.6 Å². The molecule has 4 nitrogen and oxygen atoms in total. The number of anilines is 1. The number of hydrogen-bond acceptors (Lipinski definition) is 4. The predicted molar refractivity (Wildman–Crippen MR) is 45.6 cm³/mol. The van der Waals surface area contributed by atoms with Gasteiger partial charge in [-0.3, -0.25) is 5.73 Å². The maximum absolute atomic E-state index is 11.0. The molecule has 0 aliphatic heterocycles. The summed E-state index contributed by atoms with van der Waals surface area (Å²) in [5.74, 6) is -0.257. The highest BCUT2D eigenvalue weighted by atomic mass is 32.1. The van der Waals surface area contributed by atoms with Crippen LogP contribution in [0.4, 0.5) is 5.13 Å². The van der Waals surface area contributed by atoms with Crippen molar-refractivity contribution in [3.8, 4) is 0 Å². The molecule has 0 saturated carbocycles. The predicted octanol–water partition coefficient (Wildman–Crippen LogP) is 0.181. The first-order valence-electron chi connectivity index (χ1n) is 3.62. The highest BCUT2D eigenvalue weighted by Gasteiger charge is 2.10. The summed E-state index contributed by atoms with van der Waals surface area (Å²) in [6, 6.07) is 0. The van der Waals surface area contributed by atoms with Crippen LogP contribution < -0.4 is 10.3 Å². The van der Waals surface area contributed by atoms with E-state index in [2.05, 4.69) is 0 Å². The van der Waals surface area contributed by atoms with Crippen molar-refractivity contribution in [2.24, 2.45) is 0 Å². The van der Waals surface area contributed by atoms with Crippen LogP contribution in [0.1, 0.15) is 6.92 Å². The van der Waals surface area contributed by atoms with Gasteiger partial charge in [0, 0.05) is 5.38 Å². The fourth-order valence-electron chi connectivity index (χ4n) is 0.791. The molecule has 0 radical (unpaired) electrons. The van der Waals surface area contributed by atoms with E-state index in [9.17, 15) is 4.79 Å². The third-order valence-corrected chi connectivity index (χ3v) is 2.05. The summed E-state index contributed by atoms with van der Waals surface area (Å²) in [5.41, 5.74) is 5.56. The molecule has 2 N–H and O–H groups in total. The Balaban J connectivity index is 2.52. The first-order chi connectivity index (χ1) is 5.74. The molecule has 0 aliphatic rings. The fraction of sp³-hybridized carbons (Fsp3) is 0.429. The van der Waals surface area contributed by atoms with Gasteiger partial charge in [0.15, 0.2) is 6.54 Å². The molecule has 5 heteroatoms. The van der Waals surface area contributed by atoms with Crippen LogP contribution in [0.3, 0.4) is 0 Å². The second kappa shape index (κ2) is 4.06. The molecule has 1 rings (SSSR count). The number of hydrogen-bond donors (Lipinski definition) is 1. The van der Waals surface area contributed by atoms with E-state index in [1.807, 2.05) is 5.38 Å². The minimum Gasteiger partial charge on any atom is -0.463 e. The SMILES string of the molecule is CCOC(=O)C[n+]1ccsc1N. The Hall–Kier alpha value is -1.10. The van der Waals surface area contributed by atoms with Gasteiger partial charge < -0.3 is 4.74 Å². The Morgan fingerprint density at radius 3 is 3.08 bits per heavy atom. The Kier molecular flexibility index (Phi) is 3.04. The zero-order valence-corrected chi connectivity index (χ0v) is 7.63. The second-order valence-corrected chi connectivity index (χ2v) is 3.10. The molecule has 0 bridgehead atoms. The van der Waals surface area contributed by atoms with E-state index < -0.39 is 0 Å². The highest BCUT2D eigenvalue weighted by Crippen LogP contribution is 2.02. The number of thiazole rings is 1. The lowest BCUT2D eigenvalue weighted by molar-refractivity contribution is -0.667. The van der Waals surface area contributed by atoms with Crippen LogP contribution in [-0.2, 0) is 16.1 Å². The molecule has 0 aromatic carbocycles. The maximum Gasteiger partial charge on any atom is 0.348 e. The van der Waals surface area contributed by atoms with Gasteiger partial charge in [-0.2, -0.15) is 0 Å². The molecule has 0 aliphatic carbocycles. The van der Waals surface area contributed by atoms with Gasteiger partial charge in [0.05, 0.1) is 6.61 Å². The lowest BCUT2D eigenvalue weighted by atomic mass is 10.6. The first-order valence-corrected chi connectivity index (χ1v) is 4.50. The molecule has 0 spiro atoms. The quantitative estimate of drug-likeness (QED) is 0.542. The fourth-order valence-corrected chi connectivity index (χ4v) is 1.40. The summed E-state index contributed by atoms with van der Waals surface area (Å²) in [6.07, 6.45) is 1.76. The van der Waals surface area contributed by atoms with E-state index in [0.717, 1.165) is 0 Å². The Morgan fingerprint density at radius 1 is 1.83 bits per heavy atom. The summed E-state index contributed by atoms with van der Waals surface area (Å²) >= 11 is 1.40. The number of aromatic nitrogens is 1. The highest BCUT2D eigenvalue weighted by molar-refractivity contribution is 7.12. The van der Waals surface area contributed by atoms with Crippen LogP contribution in [0.5, 0.6) is 0 Å². The monoisotopic (exact) mass is 187 g/mol. The smallest absolute Gasteiger partial charge is 0.348 e. The Bertz CT molecular complexity index is 272. The number of carbonyl (C=O) groups excluding carboxylic acids is 1. The van der Waals surface area contributed by atoms with Crippen molar-refractivity contribution in [1.29, 1.82) is 0 Å². The molecule has 12 heavy (non-hydrogen) atoms. The Labute approximate surface area is 74.6 Å². The summed E-state index contributed by atoms with van der Waals surface area (Å²) in [6.45, 7) is 2.38. The number of nitrogens with zero attached hydrogens (tertiary/aromatic N) is 1. The Morgan fingerprint density at radius 2 is 2.58 bits per heavy atom. The molecule has 0 amide bonds. The zero-order chi connectivity index (χ0) is 8.97. The number of carbonyl (C=O) groups is 1. The van der Waals surface area contributed by atoms with Gasteiger partial charge >= 0.3 is 11.1 Å². The van der Waals surface area contributed by atoms with Crippen molar-refractivity contribution < 1.29 is 14.1 Å². The molecular formula is C7H11N2O2S+. The van der Waals surface area contributed by atoms with Crippen LogP contribution in [-0.4, -0.2) is 12.6 Å². The molecule has 1 aromatic heterocycles. The molecule has 0 unspecified atom stereocenters. The van der Waals surface area contributed by atoms with E-state index in [1.165, 1.54) is 11.3 Å². The molecule has 0 atom stereocenters. The average molecular weight is 187 g/mol. The van der Waals surface area contributed by atoms with Gasteiger partial charge in [0.25, 0.3) is 0 Å². The van der Waals surface area contributed by atoms with Gasteiger partial charge in [0.2, 0.25) is 0 Å². The molecular weight excluding hydrogens is 176 g/mol. The topological polar surface area (TPSA) is 56.2 Å². The zero-order valence-electron chi connectivity index (χ0n) is 6.82. The molecule has 0 saturated heterocycles. The third-order valence-electron chi connectivity index (χ3n) is 1.32. The van der Waals surface area contributed by atoms with Crippen LogP contribution in [0, 0.1) is 0 Å². The van der Waals surface area contributed by atoms with Gasteiger partial charge in [-0.25, -0.2) is 9.36 Å². The van der Waals surface area contributed by atoms with Gasteiger partial charge in [-0.15, -0.1) is 0 Å². The van der Waals surface area contributed by atoms with Gasteiger partial charge in [-0.05, 0) is 6.92 Å². The van der Waals surface area contributed by atoms with Gasteiger partial charge in [0.1, 0.15) is 6.20 Å². The van der Waals surface area contributed by atoms with Crippen LogP contribution >= 0.6 is 11.3 Å². The number of nitrogens with two attached hydrogens (primary N) is 1. The average Bonchev–Trinajstić information content (AvgIpc) is 2.37. The summed E-state index contributed by atoms with van der Waals surface area (Å²) in [4.78, 5) is 11.0. The largest absolute Gasteiger partial charge is 0.463 e. The lowest BCUT2D eigenvalue weighted by Gasteiger charge is -1.98. The van der Waals surface area contributed by atoms with Crippen molar-refractivity contribution in [3.05, 3.63) is 11.6 Å². The van der Waals surface area contributed by atoms with E-state index >= 15 is 0 Å². The maximum atomic E-state index is 11.0. The van der Waals surface area contributed by atoms with Crippen molar-refractivity contribution >= 4 is 22.4 Å². The second-order valence-electron chi connectivity index (χ2n) is 2.17. The van der Waals surface area contributed by atoms with E-state index in [0.29, 0.717) is 11.7 Å². The summed E-state index contributed by atoms with van der Waals surface area (Å²) < 4.78 is 6.41. The summed E-state index contributed by atoms with van der Waals surface area (Å²) in [5, 5.41) is 2.44. The number of esters is 1. The van der Waals surface area contributed by atoms with Crippen LogP contribution in [0.25, 0.3) is 0 Å². The van der Waals surface area contributed by atoms with Gasteiger partial charge in [-0.1, -0.05) is 11.3 Å². The third kappa shape index (κ3) is 2.20. The van der Waals surface area contributed by atoms with E-state index in [1.54, 1.807) is 17.7 Å². The minimum atomic E-state index is -0.257. The van der Waals surface area contributed by atoms with Crippen molar-refractivity contribution in [1.82, 2.24) is 0 Å². The normalized spacial score (nSPS) is 9.75. The number of ether oxygens (including phenoxy) is 1. The molecule has 1 aromatic rings. The van der Waals surface area contributed by atoms with E-state index in [4.69, 9.17) is 10.5 Å². The summed E-state index contributed by atoms with van der Waals surface area (Å²) in [7, 11) is 0. The molecule has 0 fully saturated rings. The number of rotatable bonds is 3. The van der Waals surface area contributed by atoms with Crippen LogP contribution in [0.2, 0.25) is 0 Å². The minimum absolute atomic E-state index is 0.198. The van der Waals surface area contributed by atoms with E-state index in [-0.39, 0.29) is 12.5 Å². The number of nitrogen functional groups attached to an aromatic ring is 1. The molecule has 66 valence electrons. The van der Waals surface area contributed by atoms with Crippen molar-refractivity contribution in [2.45, 2.75) is 13.5 Å². The van der Waals surface area contributed by atoms with Crippen molar-refractivity contribution in [3.63, 3.8) is 0 Å². The molecule has 1 heterocycles. The lowest BCUT2D eigenvalue weighted by Crippen LogP contribution is -2.38. The van der Waals surface area contributed by atoms with Crippen molar-refractivity contribution in [2.75, 3.05) is 12.3 Å². The first kappa shape index (κ1) is 8.99.